The molecule has 25 heavy (non-hydrogen) atoms. The molecular weight excluding hydrogens is 338 g/mol. The highest BCUT2D eigenvalue weighted by Gasteiger charge is 2.30. The van der Waals surface area contributed by atoms with Gasteiger partial charge in [-0.05, 0) is 32.4 Å². The number of benzene rings is 1. The highest BCUT2D eigenvalue weighted by atomic mass is 32.2. The fourth-order valence-electron chi connectivity index (χ4n) is 3.44. The quantitative estimate of drug-likeness (QED) is 0.729. The molecule has 2 aromatic heterocycles. The van der Waals surface area contributed by atoms with Crippen molar-refractivity contribution in [1.82, 2.24) is 14.9 Å². The summed E-state index contributed by atoms with van der Waals surface area (Å²) in [5, 5.41) is 4.85. The summed E-state index contributed by atoms with van der Waals surface area (Å²) in [4.78, 5) is 3.50. The minimum absolute atomic E-state index is 0.124. The number of sulfonamides is 1. The molecule has 1 aromatic carbocycles. The lowest BCUT2D eigenvalue weighted by atomic mass is 9.83. The lowest BCUT2D eigenvalue weighted by Crippen LogP contribution is -2.37. The zero-order valence-electron chi connectivity index (χ0n) is 15.1. The maximum absolute atomic E-state index is 12.7. The van der Waals surface area contributed by atoms with E-state index in [0.29, 0.717) is 11.5 Å². The molecule has 134 valence electrons. The number of nitrogens with one attached hydrogen (secondary N) is 2. The second-order valence-corrected chi connectivity index (χ2v) is 8.74. The minimum atomic E-state index is -3.69. The molecule has 6 nitrogen and oxygen atoms in total. The van der Waals surface area contributed by atoms with E-state index in [9.17, 15) is 8.42 Å². The van der Waals surface area contributed by atoms with Gasteiger partial charge in [0.1, 0.15) is 10.6 Å². The molecular formula is C18H23N3O3S. The van der Waals surface area contributed by atoms with Gasteiger partial charge in [-0.1, -0.05) is 37.2 Å². The Bertz CT molecular complexity index is 1010. The molecule has 0 amide bonds. The third-order valence-electron chi connectivity index (χ3n) is 4.51. The first-order valence-electron chi connectivity index (χ1n) is 8.14. The summed E-state index contributed by atoms with van der Waals surface area (Å²) in [5.41, 5.74) is 3.19. The number of hydrogen-bond acceptors (Lipinski definition) is 4. The fraction of sp³-hybridized carbons (Fsp3) is 0.389. The molecule has 0 aliphatic carbocycles. The van der Waals surface area contributed by atoms with Gasteiger partial charge in [0.2, 0.25) is 10.0 Å². The van der Waals surface area contributed by atoms with Gasteiger partial charge in [0, 0.05) is 28.6 Å². The molecule has 0 bridgehead atoms. The van der Waals surface area contributed by atoms with Crippen molar-refractivity contribution in [3.05, 3.63) is 47.0 Å². The molecule has 0 fully saturated rings. The van der Waals surface area contributed by atoms with Crippen molar-refractivity contribution in [2.75, 3.05) is 6.54 Å². The minimum Gasteiger partial charge on any atom is -0.360 e. The summed E-state index contributed by atoms with van der Waals surface area (Å²) in [6.45, 7) is 9.57. The first-order chi connectivity index (χ1) is 11.6. The molecule has 0 atom stereocenters. The summed E-state index contributed by atoms with van der Waals surface area (Å²) in [6.07, 6.45) is 0. The predicted octanol–water partition coefficient (Wildman–Crippen LogP) is 3.34. The highest BCUT2D eigenvalue weighted by Crippen LogP contribution is 2.33. The number of para-hydroxylation sites is 1. The van der Waals surface area contributed by atoms with Gasteiger partial charge in [0.15, 0.2) is 5.76 Å². The summed E-state index contributed by atoms with van der Waals surface area (Å²) in [5.74, 6) is 0.297. The smallest absolute Gasteiger partial charge is 0.245 e. The summed E-state index contributed by atoms with van der Waals surface area (Å²) in [6, 6.07) is 8.05. The predicted molar refractivity (Wildman–Crippen MR) is 97.2 cm³/mol. The number of aryl methyl sites for hydroxylation is 3. The maximum atomic E-state index is 12.7. The lowest BCUT2D eigenvalue weighted by molar-refractivity contribution is 0.390. The van der Waals surface area contributed by atoms with Crippen molar-refractivity contribution in [1.29, 1.82) is 0 Å². The van der Waals surface area contributed by atoms with E-state index in [4.69, 9.17) is 4.52 Å². The number of rotatable bonds is 5. The number of fused-ring (bicyclic) bond motifs is 1. The van der Waals surface area contributed by atoms with Crippen LogP contribution in [0.5, 0.6) is 0 Å². The number of aromatic amines is 1. The van der Waals surface area contributed by atoms with E-state index >= 15 is 0 Å². The monoisotopic (exact) mass is 361 g/mol. The van der Waals surface area contributed by atoms with E-state index < -0.39 is 15.4 Å². The van der Waals surface area contributed by atoms with Crippen molar-refractivity contribution >= 4 is 20.9 Å². The van der Waals surface area contributed by atoms with E-state index in [2.05, 4.69) is 20.9 Å². The van der Waals surface area contributed by atoms with Crippen molar-refractivity contribution in [3.8, 4) is 0 Å². The van der Waals surface area contributed by atoms with Gasteiger partial charge in [0.25, 0.3) is 0 Å². The molecule has 2 N–H and O–H groups in total. The van der Waals surface area contributed by atoms with E-state index in [1.54, 1.807) is 13.8 Å². The summed E-state index contributed by atoms with van der Waals surface area (Å²) in [7, 11) is -3.69. The van der Waals surface area contributed by atoms with Crippen molar-refractivity contribution in [2.24, 2.45) is 0 Å². The molecule has 0 aliphatic rings. The van der Waals surface area contributed by atoms with Crippen molar-refractivity contribution in [2.45, 2.75) is 44.9 Å². The van der Waals surface area contributed by atoms with Gasteiger partial charge in [-0.3, -0.25) is 0 Å². The Morgan fingerprint density at radius 2 is 1.88 bits per heavy atom. The topological polar surface area (TPSA) is 88.0 Å². The first kappa shape index (κ1) is 17.7. The van der Waals surface area contributed by atoms with Gasteiger partial charge in [-0.25, -0.2) is 13.1 Å². The number of nitrogens with zero attached hydrogens (tertiary/aromatic N) is 1. The number of aromatic nitrogens is 2. The normalized spacial score (nSPS) is 12.8. The molecule has 0 radical (unpaired) electrons. The molecule has 2 heterocycles. The van der Waals surface area contributed by atoms with Crippen LogP contribution in [0.2, 0.25) is 0 Å². The van der Waals surface area contributed by atoms with Crippen LogP contribution in [0.25, 0.3) is 10.9 Å². The van der Waals surface area contributed by atoms with Crippen molar-refractivity contribution < 1.29 is 12.9 Å². The van der Waals surface area contributed by atoms with Crippen LogP contribution in [-0.2, 0) is 15.4 Å². The Morgan fingerprint density at radius 1 is 1.20 bits per heavy atom. The Hall–Kier alpha value is -2.12. The van der Waals surface area contributed by atoms with E-state index in [1.807, 2.05) is 39.0 Å². The van der Waals surface area contributed by atoms with Crippen LogP contribution in [0.15, 0.2) is 33.7 Å². The fourth-order valence-corrected chi connectivity index (χ4v) is 4.98. The van der Waals surface area contributed by atoms with Gasteiger partial charge in [0.05, 0.1) is 0 Å². The maximum Gasteiger partial charge on any atom is 0.245 e. The Balaban J connectivity index is 1.93. The van der Waals surface area contributed by atoms with Crippen LogP contribution in [-0.4, -0.2) is 25.1 Å². The number of hydrogen-bond donors (Lipinski definition) is 2. The van der Waals surface area contributed by atoms with Crippen LogP contribution < -0.4 is 4.72 Å². The van der Waals surface area contributed by atoms with Crippen LogP contribution >= 0.6 is 0 Å². The summed E-state index contributed by atoms with van der Waals surface area (Å²) >= 11 is 0. The second-order valence-electron chi connectivity index (χ2n) is 7.03. The molecule has 3 aromatic rings. The highest BCUT2D eigenvalue weighted by molar-refractivity contribution is 7.89. The number of H-pyrrole nitrogens is 1. The average Bonchev–Trinajstić information content (AvgIpc) is 3.04. The Labute approximate surface area is 147 Å². The van der Waals surface area contributed by atoms with Crippen molar-refractivity contribution in [3.63, 3.8) is 0 Å². The lowest BCUT2D eigenvalue weighted by Gasteiger charge is -2.26. The van der Waals surface area contributed by atoms with Crippen LogP contribution in [0.1, 0.15) is 36.6 Å². The molecule has 7 heteroatoms. The molecule has 0 saturated carbocycles. The molecule has 0 unspecified atom stereocenters. The van der Waals surface area contributed by atoms with Crippen LogP contribution in [0.3, 0.4) is 0 Å². The van der Waals surface area contributed by atoms with E-state index in [1.165, 1.54) is 0 Å². The van der Waals surface area contributed by atoms with Crippen LogP contribution in [0, 0.1) is 20.8 Å². The Morgan fingerprint density at radius 3 is 2.52 bits per heavy atom. The molecule has 0 spiro atoms. The zero-order valence-corrected chi connectivity index (χ0v) is 15.9. The summed E-state index contributed by atoms with van der Waals surface area (Å²) < 4.78 is 33.1. The average molecular weight is 361 g/mol. The van der Waals surface area contributed by atoms with Gasteiger partial charge in [-0.2, -0.15) is 0 Å². The van der Waals surface area contributed by atoms with Gasteiger partial charge < -0.3 is 9.51 Å². The zero-order chi connectivity index (χ0) is 18.4. The van der Waals surface area contributed by atoms with E-state index in [0.717, 1.165) is 22.2 Å². The molecule has 0 aliphatic heterocycles. The van der Waals surface area contributed by atoms with Crippen LogP contribution in [0.4, 0.5) is 0 Å². The molecule has 3 rings (SSSR count). The van der Waals surface area contributed by atoms with E-state index in [-0.39, 0.29) is 11.4 Å². The third kappa shape index (κ3) is 3.09. The van der Waals surface area contributed by atoms with Gasteiger partial charge >= 0.3 is 0 Å². The first-order valence-corrected chi connectivity index (χ1v) is 9.62. The second kappa shape index (κ2) is 6.00. The SMILES string of the molecule is Cc1noc(C)c1S(=O)(=O)NCC(C)(C)c1c(C)[nH]c2ccccc12. The third-order valence-corrected chi connectivity index (χ3v) is 6.16. The largest absolute Gasteiger partial charge is 0.360 e. The molecule has 0 saturated heterocycles. The Kier molecular flexibility index (Phi) is 4.25. The van der Waals surface area contributed by atoms with Gasteiger partial charge in [-0.15, -0.1) is 0 Å². The standard InChI is InChI=1S/C18H23N3O3S/c1-11-16(14-8-6-7-9-15(14)20-11)18(4,5)10-19-25(22,23)17-12(2)21-24-13(17)3/h6-9,19-20H,10H2,1-5H3.